The highest BCUT2D eigenvalue weighted by atomic mass is 79.9. The van der Waals surface area contributed by atoms with Crippen LogP contribution in [-0.2, 0) is 6.42 Å². The Labute approximate surface area is 143 Å². The molecule has 3 rings (SSSR count). The van der Waals surface area contributed by atoms with Crippen molar-refractivity contribution < 1.29 is 0 Å². The summed E-state index contributed by atoms with van der Waals surface area (Å²) in [7, 11) is 0. The minimum atomic E-state index is 0.380. The summed E-state index contributed by atoms with van der Waals surface area (Å²) >= 11 is 12.9. The minimum Gasteiger partial charge on any atom is -0.121 e. The first-order valence-corrected chi connectivity index (χ1v) is 9.65. The zero-order chi connectivity index (χ0) is 13.4. The third-order valence-electron chi connectivity index (χ3n) is 3.75. The number of hydrogen-bond acceptors (Lipinski definition) is 1. The molecule has 0 saturated heterocycles. The average Bonchev–Trinajstić information content (AvgIpc) is 2.76. The Morgan fingerprint density at radius 2 is 2.00 bits per heavy atom. The van der Waals surface area contributed by atoms with Crippen LogP contribution in [0.15, 0.2) is 37.9 Å². The highest BCUT2D eigenvalue weighted by Crippen LogP contribution is 2.49. The van der Waals surface area contributed by atoms with Crippen LogP contribution >= 0.6 is 59.1 Å². The molecule has 100 valence electrons. The molecule has 1 heterocycles. The van der Waals surface area contributed by atoms with Crippen LogP contribution < -0.4 is 0 Å². The molecule has 0 saturated carbocycles. The summed E-state index contributed by atoms with van der Waals surface area (Å²) in [5.41, 5.74) is 4.40. The summed E-state index contributed by atoms with van der Waals surface area (Å²) in [6.07, 6.45) is 3.76. The number of aryl methyl sites for hydroxylation is 1. The van der Waals surface area contributed by atoms with Gasteiger partial charge in [0.05, 0.1) is 7.57 Å². The fourth-order valence-electron chi connectivity index (χ4n) is 2.85. The van der Waals surface area contributed by atoms with Crippen molar-refractivity contribution in [3.05, 3.63) is 54.6 Å². The van der Waals surface area contributed by atoms with Crippen LogP contribution in [0, 0.1) is 0 Å². The first-order valence-electron chi connectivity index (χ1n) is 6.33. The van der Waals surface area contributed by atoms with Crippen LogP contribution in [0.25, 0.3) is 0 Å². The zero-order valence-corrected chi connectivity index (χ0v) is 15.8. The molecule has 1 aromatic carbocycles. The van der Waals surface area contributed by atoms with Crippen molar-refractivity contribution in [1.82, 2.24) is 0 Å². The third-order valence-corrected chi connectivity index (χ3v) is 7.27. The predicted molar refractivity (Wildman–Crippen MR) is 93.5 cm³/mol. The van der Waals surface area contributed by atoms with Crippen LogP contribution in [0.1, 0.15) is 40.3 Å². The number of rotatable bonds is 2. The molecule has 0 amide bonds. The third kappa shape index (κ3) is 2.87. The molecule has 0 N–H and O–H groups in total. The Balaban J connectivity index is 1.97. The lowest BCUT2D eigenvalue weighted by molar-refractivity contribution is 0.547. The molecule has 2 atom stereocenters. The molecule has 0 fully saturated rings. The van der Waals surface area contributed by atoms with Gasteiger partial charge in [-0.25, -0.2) is 0 Å². The van der Waals surface area contributed by atoms with Gasteiger partial charge in [-0.15, -0.1) is 11.3 Å². The molecule has 2 aromatic rings. The largest absolute Gasteiger partial charge is 0.121 e. The maximum Gasteiger partial charge on any atom is 0.0754 e. The SMILES string of the molecule is Brc1cc(C(Br)C2CCCc3ccccc32)c(Br)s1. The smallest absolute Gasteiger partial charge is 0.0754 e. The van der Waals surface area contributed by atoms with Gasteiger partial charge in [0.1, 0.15) is 0 Å². The molecule has 1 aliphatic rings. The van der Waals surface area contributed by atoms with Crippen LogP contribution in [0.4, 0.5) is 0 Å². The van der Waals surface area contributed by atoms with Gasteiger partial charge in [0.2, 0.25) is 0 Å². The predicted octanol–water partition coefficient (Wildman–Crippen LogP) is 6.83. The fourth-order valence-corrected chi connectivity index (χ4v) is 7.15. The number of benzene rings is 1. The minimum absolute atomic E-state index is 0.380. The van der Waals surface area contributed by atoms with Crippen molar-refractivity contribution in [1.29, 1.82) is 0 Å². The molecule has 0 nitrogen and oxygen atoms in total. The maximum atomic E-state index is 3.94. The average molecular weight is 465 g/mol. The van der Waals surface area contributed by atoms with E-state index in [1.165, 1.54) is 43.5 Å². The van der Waals surface area contributed by atoms with Gasteiger partial charge in [-0.05, 0) is 73.9 Å². The second kappa shape index (κ2) is 6.00. The first kappa shape index (κ1) is 14.3. The normalized spacial score (nSPS) is 20.1. The molecule has 2 unspecified atom stereocenters. The standard InChI is InChI=1S/C15H13Br3S/c16-13-8-12(15(18)19-13)14(17)11-7-3-5-9-4-1-2-6-10(9)11/h1-2,4,6,8,11,14H,3,5,7H2. The second-order valence-corrected chi connectivity index (χ2v) is 9.61. The lowest BCUT2D eigenvalue weighted by Crippen LogP contribution is -2.13. The van der Waals surface area contributed by atoms with E-state index in [1.807, 2.05) is 0 Å². The maximum absolute atomic E-state index is 3.94. The number of alkyl halides is 1. The summed E-state index contributed by atoms with van der Waals surface area (Å²) in [6, 6.07) is 11.1. The number of thiophene rings is 1. The van der Waals surface area contributed by atoms with E-state index >= 15 is 0 Å². The van der Waals surface area contributed by atoms with Gasteiger partial charge >= 0.3 is 0 Å². The molecule has 4 heteroatoms. The Morgan fingerprint density at radius 3 is 2.74 bits per heavy atom. The molecular formula is C15H13Br3S. The van der Waals surface area contributed by atoms with E-state index in [1.54, 1.807) is 11.3 Å². The van der Waals surface area contributed by atoms with Crippen molar-refractivity contribution >= 4 is 59.1 Å². The molecule has 1 aliphatic carbocycles. The summed E-state index contributed by atoms with van der Waals surface area (Å²) in [4.78, 5) is 0.380. The van der Waals surface area contributed by atoms with E-state index in [2.05, 4.69) is 78.1 Å². The van der Waals surface area contributed by atoms with E-state index in [-0.39, 0.29) is 0 Å². The Hall–Kier alpha value is 0.360. The summed E-state index contributed by atoms with van der Waals surface area (Å²) in [6.45, 7) is 0. The topological polar surface area (TPSA) is 0 Å². The van der Waals surface area contributed by atoms with Gasteiger partial charge < -0.3 is 0 Å². The van der Waals surface area contributed by atoms with Crippen molar-refractivity contribution in [2.24, 2.45) is 0 Å². The van der Waals surface area contributed by atoms with E-state index in [9.17, 15) is 0 Å². The van der Waals surface area contributed by atoms with E-state index in [0.29, 0.717) is 10.7 Å². The molecule has 0 aliphatic heterocycles. The molecule has 19 heavy (non-hydrogen) atoms. The van der Waals surface area contributed by atoms with Gasteiger partial charge in [0.15, 0.2) is 0 Å². The van der Waals surface area contributed by atoms with Crippen molar-refractivity contribution in [2.75, 3.05) is 0 Å². The quantitative estimate of drug-likeness (QED) is 0.427. The monoisotopic (exact) mass is 462 g/mol. The highest BCUT2D eigenvalue weighted by molar-refractivity contribution is 9.12. The fraction of sp³-hybridized carbons (Fsp3) is 0.333. The van der Waals surface area contributed by atoms with Crippen LogP contribution in [-0.4, -0.2) is 0 Å². The Morgan fingerprint density at radius 1 is 1.21 bits per heavy atom. The lowest BCUT2D eigenvalue weighted by Gasteiger charge is -2.29. The summed E-state index contributed by atoms with van der Waals surface area (Å²) < 4.78 is 2.41. The molecular weight excluding hydrogens is 452 g/mol. The second-order valence-electron chi connectivity index (χ2n) is 4.88. The number of halogens is 3. The summed E-state index contributed by atoms with van der Waals surface area (Å²) in [5, 5.41) is 0. The lowest BCUT2D eigenvalue weighted by atomic mass is 9.80. The number of hydrogen-bond donors (Lipinski definition) is 0. The van der Waals surface area contributed by atoms with Gasteiger partial charge in [-0.1, -0.05) is 40.2 Å². The molecule has 1 aromatic heterocycles. The number of fused-ring (bicyclic) bond motifs is 1. The van der Waals surface area contributed by atoms with Crippen molar-refractivity contribution in [2.45, 2.75) is 30.0 Å². The molecule has 0 radical (unpaired) electrons. The van der Waals surface area contributed by atoms with Crippen LogP contribution in [0.5, 0.6) is 0 Å². The van der Waals surface area contributed by atoms with Crippen molar-refractivity contribution in [3.63, 3.8) is 0 Å². The summed E-state index contributed by atoms with van der Waals surface area (Å²) in [5.74, 6) is 0.572. The van der Waals surface area contributed by atoms with E-state index in [0.717, 1.165) is 0 Å². The van der Waals surface area contributed by atoms with Crippen LogP contribution in [0.3, 0.4) is 0 Å². The van der Waals surface area contributed by atoms with Crippen molar-refractivity contribution in [3.8, 4) is 0 Å². The van der Waals surface area contributed by atoms with E-state index in [4.69, 9.17) is 0 Å². The zero-order valence-electron chi connectivity index (χ0n) is 10.2. The highest BCUT2D eigenvalue weighted by Gasteiger charge is 2.29. The van der Waals surface area contributed by atoms with Gasteiger partial charge in [0.25, 0.3) is 0 Å². The molecule has 0 bridgehead atoms. The van der Waals surface area contributed by atoms with Crippen LogP contribution in [0.2, 0.25) is 0 Å². The first-order chi connectivity index (χ1) is 9.16. The Bertz CT molecular complexity index is 591. The molecule has 0 spiro atoms. The van der Waals surface area contributed by atoms with Gasteiger partial charge in [-0.2, -0.15) is 0 Å². The van der Waals surface area contributed by atoms with Gasteiger partial charge in [-0.3, -0.25) is 0 Å². The van der Waals surface area contributed by atoms with Gasteiger partial charge in [0, 0.05) is 10.7 Å². The van der Waals surface area contributed by atoms with E-state index < -0.39 is 0 Å². The Kier molecular flexibility index (Phi) is 4.52.